The Hall–Kier alpha value is -1.40. The number of ether oxygens (including phenoxy) is 2. The van der Waals surface area contributed by atoms with Crippen LogP contribution in [0.3, 0.4) is 0 Å². The highest BCUT2D eigenvalue weighted by Gasteiger charge is 2.30. The number of hydrogen-bond acceptors (Lipinski definition) is 4. The second-order valence-corrected chi connectivity index (χ2v) is 4.74. The fourth-order valence-electron chi connectivity index (χ4n) is 2.57. The van der Waals surface area contributed by atoms with Crippen molar-refractivity contribution < 1.29 is 14.3 Å². The summed E-state index contributed by atoms with van der Waals surface area (Å²) >= 11 is 0. The molecule has 0 saturated heterocycles. The minimum atomic E-state index is 0.0254. The summed E-state index contributed by atoms with van der Waals surface area (Å²) in [6.07, 6.45) is 1.83. The van der Waals surface area contributed by atoms with Gasteiger partial charge in [0.15, 0.2) is 0 Å². The lowest BCUT2D eigenvalue weighted by molar-refractivity contribution is -0.137. The first-order chi connectivity index (χ1) is 9.17. The second-order valence-electron chi connectivity index (χ2n) is 4.74. The van der Waals surface area contributed by atoms with Gasteiger partial charge in [0.1, 0.15) is 6.61 Å². The molecule has 0 aromatic carbocycles. The highest BCUT2D eigenvalue weighted by atomic mass is 16.5. The van der Waals surface area contributed by atoms with E-state index >= 15 is 0 Å². The third kappa shape index (κ3) is 2.96. The number of aromatic nitrogens is 2. The van der Waals surface area contributed by atoms with Crippen LogP contribution in [0.2, 0.25) is 0 Å². The topological polar surface area (TPSA) is 56.6 Å². The standard InChI is InChI=1S/C13H21N3O3/c1-4-19-9-12(17)16-6-10-5-14-15(2)13(10)11(7-16)8-18-3/h5,11H,4,6-9H2,1-3H3/t11-/m0/s1. The number of rotatable bonds is 5. The quantitative estimate of drug-likeness (QED) is 0.781. The number of nitrogens with zero attached hydrogens (tertiary/aromatic N) is 3. The first-order valence-electron chi connectivity index (χ1n) is 6.52. The predicted molar refractivity (Wildman–Crippen MR) is 69.7 cm³/mol. The fraction of sp³-hybridized carbons (Fsp3) is 0.692. The SMILES string of the molecule is CCOCC(=O)N1Cc2cnn(C)c2[C@H](COC)C1. The first kappa shape index (κ1) is 14.0. The molecule has 19 heavy (non-hydrogen) atoms. The number of hydrogen-bond donors (Lipinski definition) is 0. The number of amides is 1. The molecule has 2 rings (SSSR count). The molecule has 1 aliphatic heterocycles. The molecule has 0 bridgehead atoms. The Kier molecular flexibility index (Phi) is 4.55. The molecule has 1 atom stereocenters. The van der Waals surface area contributed by atoms with E-state index in [0.29, 0.717) is 26.3 Å². The number of carbonyl (C=O) groups is 1. The normalized spacial score (nSPS) is 18.5. The maximum Gasteiger partial charge on any atom is 0.248 e. The van der Waals surface area contributed by atoms with Crippen LogP contribution in [0.5, 0.6) is 0 Å². The van der Waals surface area contributed by atoms with E-state index in [-0.39, 0.29) is 18.4 Å². The molecule has 1 aromatic rings. The summed E-state index contributed by atoms with van der Waals surface area (Å²) in [5.41, 5.74) is 2.27. The lowest BCUT2D eigenvalue weighted by Crippen LogP contribution is -2.41. The molecule has 2 heterocycles. The van der Waals surface area contributed by atoms with Crippen molar-refractivity contribution in [3.63, 3.8) is 0 Å². The lowest BCUT2D eigenvalue weighted by Gasteiger charge is -2.32. The zero-order valence-corrected chi connectivity index (χ0v) is 11.8. The van der Waals surface area contributed by atoms with E-state index in [1.54, 1.807) is 7.11 Å². The van der Waals surface area contributed by atoms with Gasteiger partial charge < -0.3 is 14.4 Å². The summed E-state index contributed by atoms with van der Waals surface area (Å²) < 4.78 is 12.3. The van der Waals surface area contributed by atoms with Gasteiger partial charge in [0.25, 0.3) is 0 Å². The van der Waals surface area contributed by atoms with Gasteiger partial charge in [-0.2, -0.15) is 5.10 Å². The average Bonchev–Trinajstić information content (AvgIpc) is 2.78. The number of fused-ring (bicyclic) bond motifs is 1. The van der Waals surface area contributed by atoms with Crippen LogP contribution < -0.4 is 0 Å². The molecule has 0 spiro atoms. The Morgan fingerprint density at radius 3 is 3.05 bits per heavy atom. The van der Waals surface area contributed by atoms with Gasteiger partial charge in [-0.05, 0) is 6.92 Å². The van der Waals surface area contributed by atoms with Crippen molar-refractivity contribution in [2.45, 2.75) is 19.4 Å². The van der Waals surface area contributed by atoms with Crippen molar-refractivity contribution in [3.8, 4) is 0 Å². The Bertz CT molecular complexity index is 444. The van der Waals surface area contributed by atoms with Crippen molar-refractivity contribution in [3.05, 3.63) is 17.5 Å². The van der Waals surface area contributed by atoms with Crippen LogP contribution in [-0.2, 0) is 27.9 Å². The zero-order valence-electron chi connectivity index (χ0n) is 11.8. The summed E-state index contributed by atoms with van der Waals surface area (Å²) in [7, 11) is 3.61. The van der Waals surface area contributed by atoms with Gasteiger partial charge in [0.05, 0.1) is 18.5 Å². The smallest absolute Gasteiger partial charge is 0.248 e. The van der Waals surface area contributed by atoms with Crippen LogP contribution in [0, 0.1) is 0 Å². The molecule has 0 N–H and O–H groups in total. The van der Waals surface area contributed by atoms with Gasteiger partial charge >= 0.3 is 0 Å². The molecule has 106 valence electrons. The third-order valence-corrected chi connectivity index (χ3v) is 3.40. The Labute approximate surface area is 113 Å². The second kappa shape index (κ2) is 6.16. The average molecular weight is 267 g/mol. The molecular weight excluding hydrogens is 246 g/mol. The largest absolute Gasteiger partial charge is 0.384 e. The first-order valence-corrected chi connectivity index (χ1v) is 6.52. The summed E-state index contributed by atoms with van der Waals surface area (Å²) in [6.45, 7) is 4.44. The molecule has 1 aliphatic rings. The van der Waals surface area contributed by atoms with E-state index < -0.39 is 0 Å². The van der Waals surface area contributed by atoms with E-state index in [2.05, 4.69) is 5.10 Å². The van der Waals surface area contributed by atoms with Crippen molar-refractivity contribution in [2.75, 3.05) is 33.5 Å². The molecule has 0 radical (unpaired) electrons. The Balaban J connectivity index is 2.13. The van der Waals surface area contributed by atoms with Gasteiger partial charge in [-0.15, -0.1) is 0 Å². The van der Waals surface area contributed by atoms with Crippen LogP contribution in [0.25, 0.3) is 0 Å². The summed E-state index contributed by atoms with van der Waals surface area (Å²) in [5, 5.41) is 4.28. The molecule has 6 heteroatoms. The van der Waals surface area contributed by atoms with Gasteiger partial charge in [-0.3, -0.25) is 9.48 Å². The van der Waals surface area contributed by atoms with E-state index in [1.165, 1.54) is 5.69 Å². The van der Waals surface area contributed by atoms with Crippen LogP contribution >= 0.6 is 0 Å². The Morgan fingerprint density at radius 1 is 1.58 bits per heavy atom. The van der Waals surface area contributed by atoms with Crippen molar-refractivity contribution in [1.82, 2.24) is 14.7 Å². The zero-order chi connectivity index (χ0) is 13.8. The van der Waals surface area contributed by atoms with Gasteiger partial charge in [0.2, 0.25) is 5.91 Å². The van der Waals surface area contributed by atoms with Gasteiger partial charge in [-0.25, -0.2) is 0 Å². The van der Waals surface area contributed by atoms with Crippen molar-refractivity contribution >= 4 is 5.91 Å². The van der Waals surface area contributed by atoms with E-state index in [4.69, 9.17) is 9.47 Å². The van der Waals surface area contributed by atoms with Crippen LogP contribution in [0.15, 0.2) is 6.20 Å². The predicted octanol–water partition coefficient (Wildman–Crippen LogP) is 0.529. The van der Waals surface area contributed by atoms with Crippen molar-refractivity contribution in [2.24, 2.45) is 7.05 Å². The molecule has 0 saturated carbocycles. The molecule has 1 aromatic heterocycles. The minimum absolute atomic E-state index is 0.0254. The van der Waals surface area contributed by atoms with E-state index in [9.17, 15) is 4.79 Å². The van der Waals surface area contributed by atoms with Crippen molar-refractivity contribution in [1.29, 1.82) is 0 Å². The highest BCUT2D eigenvalue weighted by Crippen LogP contribution is 2.28. The number of carbonyl (C=O) groups excluding carboxylic acids is 1. The number of methoxy groups -OCH3 is 1. The molecule has 6 nitrogen and oxygen atoms in total. The Morgan fingerprint density at radius 2 is 2.37 bits per heavy atom. The highest BCUT2D eigenvalue weighted by molar-refractivity contribution is 5.77. The molecule has 0 unspecified atom stereocenters. The van der Waals surface area contributed by atoms with Crippen LogP contribution in [-0.4, -0.2) is 54.1 Å². The maximum atomic E-state index is 12.1. The summed E-state index contributed by atoms with van der Waals surface area (Å²) in [4.78, 5) is 13.9. The number of aryl methyl sites for hydroxylation is 1. The minimum Gasteiger partial charge on any atom is -0.384 e. The molecular formula is C13H21N3O3. The van der Waals surface area contributed by atoms with Crippen LogP contribution in [0.4, 0.5) is 0 Å². The fourth-order valence-corrected chi connectivity index (χ4v) is 2.57. The summed E-state index contributed by atoms with van der Waals surface area (Å²) in [6, 6.07) is 0. The monoisotopic (exact) mass is 267 g/mol. The lowest BCUT2D eigenvalue weighted by atomic mass is 9.97. The molecule has 1 amide bonds. The molecule has 0 aliphatic carbocycles. The van der Waals surface area contributed by atoms with E-state index in [1.807, 2.05) is 29.7 Å². The van der Waals surface area contributed by atoms with E-state index in [0.717, 1.165) is 5.56 Å². The molecule has 0 fully saturated rings. The van der Waals surface area contributed by atoms with Gasteiger partial charge in [0, 0.05) is 45.3 Å². The van der Waals surface area contributed by atoms with Crippen LogP contribution in [0.1, 0.15) is 24.1 Å². The van der Waals surface area contributed by atoms with Gasteiger partial charge in [-0.1, -0.05) is 0 Å². The summed E-state index contributed by atoms with van der Waals surface area (Å²) in [5.74, 6) is 0.198. The maximum absolute atomic E-state index is 12.1. The third-order valence-electron chi connectivity index (χ3n) is 3.40.